The highest BCUT2D eigenvalue weighted by atomic mass is 16.2. The third-order valence-corrected chi connectivity index (χ3v) is 6.85. The van der Waals surface area contributed by atoms with Crippen LogP contribution in [0.25, 0.3) is 10.9 Å². The van der Waals surface area contributed by atoms with Crippen molar-refractivity contribution in [3.8, 4) is 0 Å². The molecule has 0 saturated heterocycles. The second-order valence-electron chi connectivity index (χ2n) is 9.80. The molecular weight excluding hydrogens is 514 g/mol. The molecule has 0 aliphatic carbocycles. The number of carbonyl (C=O) groups excluding carboxylic acids is 3. The highest BCUT2D eigenvalue weighted by Crippen LogP contribution is 2.20. The van der Waals surface area contributed by atoms with E-state index < -0.39 is 6.04 Å². The van der Waals surface area contributed by atoms with Crippen LogP contribution in [0.4, 0.5) is 11.4 Å². The monoisotopic (exact) mass is 545 g/mol. The number of aromatic nitrogens is 1. The molecule has 1 heterocycles. The lowest BCUT2D eigenvalue weighted by molar-refractivity contribution is -0.128. The number of hydrogen-bond donors (Lipinski definition) is 5. The van der Waals surface area contributed by atoms with Gasteiger partial charge in [0.25, 0.3) is 5.91 Å². The van der Waals surface area contributed by atoms with Gasteiger partial charge in [-0.3, -0.25) is 14.4 Å². The zero-order chi connectivity index (χ0) is 28.6. The Kier molecular flexibility index (Phi) is 8.40. The molecule has 5 aromatic rings. The summed E-state index contributed by atoms with van der Waals surface area (Å²) in [5.74, 6) is -0.804. The van der Waals surface area contributed by atoms with Gasteiger partial charge in [0.1, 0.15) is 6.04 Å². The predicted octanol–water partition coefficient (Wildman–Crippen LogP) is 4.59. The van der Waals surface area contributed by atoms with Gasteiger partial charge in [-0.1, -0.05) is 72.8 Å². The molecule has 6 N–H and O–H groups in total. The Bertz CT molecular complexity index is 1660. The van der Waals surface area contributed by atoms with Crippen LogP contribution in [0, 0.1) is 0 Å². The lowest BCUT2D eigenvalue weighted by Gasteiger charge is -2.19. The number of rotatable bonds is 10. The van der Waals surface area contributed by atoms with Crippen LogP contribution in [0.15, 0.2) is 109 Å². The summed E-state index contributed by atoms with van der Waals surface area (Å²) in [6, 6.07) is 30.5. The van der Waals surface area contributed by atoms with Crippen LogP contribution in [0.5, 0.6) is 0 Å². The number of amides is 3. The fourth-order valence-electron chi connectivity index (χ4n) is 4.65. The summed E-state index contributed by atoms with van der Waals surface area (Å²) in [5, 5.41) is 9.68. The van der Waals surface area contributed by atoms with E-state index in [1.54, 1.807) is 48.5 Å². The number of carbonyl (C=O) groups is 3. The Morgan fingerprint density at radius 1 is 0.780 bits per heavy atom. The maximum atomic E-state index is 13.4. The molecule has 8 heteroatoms. The van der Waals surface area contributed by atoms with Crippen molar-refractivity contribution in [1.29, 1.82) is 0 Å². The van der Waals surface area contributed by atoms with Crippen molar-refractivity contribution in [1.82, 2.24) is 15.6 Å². The van der Waals surface area contributed by atoms with E-state index in [-0.39, 0.29) is 30.7 Å². The van der Waals surface area contributed by atoms with E-state index in [2.05, 4.69) is 20.9 Å². The van der Waals surface area contributed by atoms with Crippen LogP contribution in [0.2, 0.25) is 0 Å². The number of fused-ring (bicyclic) bond motifs is 1. The van der Waals surface area contributed by atoms with Gasteiger partial charge in [0, 0.05) is 35.6 Å². The topological polar surface area (TPSA) is 129 Å². The van der Waals surface area contributed by atoms with Crippen molar-refractivity contribution in [3.05, 3.63) is 132 Å². The number of nitrogens with one attached hydrogen (secondary N) is 4. The molecule has 8 nitrogen and oxygen atoms in total. The molecule has 0 aliphatic heterocycles. The van der Waals surface area contributed by atoms with Gasteiger partial charge in [0.2, 0.25) is 11.8 Å². The molecule has 0 saturated carbocycles. The fourth-order valence-corrected chi connectivity index (χ4v) is 4.65. The minimum atomic E-state index is -0.771. The average Bonchev–Trinajstić information content (AvgIpc) is 3.40. The standard InChI is InChI=1S/C33H31N5O3/c34-27-11-5-7-13-29(27)38-32(40)24-16-14-23(15-17-24)20-36-33(41)30(37-31(39)18-22-8-2-1-3-9-22)19-25-21-35-28-12-6-4-10-26(25)28/h1-17,21,30,35H,18-20,34H2,(H,36,41)(H,37,39)(H,38,40). The minimum Gasteiger partial charge on any atom is -0.397 e. The van der Waals surface area contributed by atoms with E-state index >= 15 is 0 Å². The summed E-state index contributed by atoms with van der Waals surface area (Å²) in [7, 11) is 0. The van der Waals surface area contributed by atoms with Crippen LogP contribution >= 0.6 is 0 Å². The van der Waals surface area contributed by atoms with Crippen molar-refractivity contribution >= 4 is 40.0 Å². The Labute approximate surface area is 238 Å². The van der Waals surface area contributed by atoms with E-state index in [1.165, 1.54) is 0 Å². The maximum absolute atomic E-state index is 13.4. The zero-order valence-electron chi connectivity index (χ0n) is 22.4. The van der Waals surface area contributed by atoms with Crippen LogP contribution in [0.1, 0.15) is 27.0 Å². The second-order valence-corrected chi connectivity index (χ2v) is 9.80. The van der Waals surface area contributed by atoms with E-state index in [9.17, 15) is 14.4 Å². The molecule has 1 aromatic heterocycles. The lowest BCUT2D eigenvalue weighted by Crippen LogP contribution is -2.48. The van der Waals surface area contributed by atoms with Crippen LogP contribution in [-0.2, 0) is 29.0 Å². The Balaban J connectivity index is 1.24. The number of para-hydroxylation sites is 3. The van der Waals surface area contributed by atoms with E-state index in [0.717, 1.165) is 27.6 Å². The van der Waals surface area contributed by atoms with Gasteiger partial charge < -0.3 is 26.7 Å². The molecule has 0 bridgehead atoms. The first kappa shape index (κ1) is 27.2. The number of nitrogens with two attached hydrogens (primary N) is 1. The third-order valence-electron chi connectivity index (χ3n) is 6.85. The first-order valence-electron chi connectivity index (χ1n) is 13.4. The predicted molar refractivity (Wildman–Crippen MR) is 161 cm³/mol. The first-order valence-corrected chi connectivity index (χ1v) is 13.4. The molecule has 0 radical (unpaired) electrons. The van der Waals surface area contributed by atoms with Crippen molar-refractivity contribution < 1.29 is 14.4 Å². The van der Waals surface area contributed by atoms with Crippen molar-refractivity contribution in [2.45, 2.75) is 25.4 Å². The minimum absolute atomic E-state index is 0.177. The van der Waals surface area contributed by atoms with Crippen molar-refractivity contribution in [3.63, 3.8) is 0 Å². The van der Waals surface area contributed by atoms with Crippen molar-refractivity contribution in [2.75, 3.05) is 11.1 Å². The van der Waals surface area contributed by atoms with Gasteiger partial charge in [-0.15, -0.1) is 0 Å². The molecule has 4 aromatic carbocycles. The van der Waals surface area contributed by atoms with Crippen LogP contribution in [-0.4, -0.2) is 28.7 Å². The molecule has 0 spiro atoms. The first-order chi connectivity index (χ1) is 20.0. The number of H-pyrrole nitrogens is 1. The average molecular weight is 546 g/mol. The normalized spacial score (nSPS) is 11.5. The van der Waals surface area contributed by atoms with E-state index in [1.807, 2.05) is 60.8 Å². The Morgan fingerprint density at radius 2 is 1.49 bits per heavy atom. The molecule has 3 amide bonds. The molecule has 206 valence electrons. The molecule has 41 heavy (non-hydrogen) atoms. The molecule has 5 rings (SSSR count). The summed E-state index contributed by atoms with van der Waals surface area (Å²) in [5.41, 5.74) is 11.0. The summed E-state index contributed by atoms with van der Waals surface area (Å²) >= 11 is 0. The highest BCUT2D eigenvalue weighted by Gasteiger charge is 2.23. The van der Waals surface area contributed by atoms with E-state index in [4.69, 9.17) is 5.73 Å². The summed E-state index contributed by atoms with van der Waals surface area (Å²) in [4.78, 5) is 42.1. The molecular formula is C33H31N5O3. The number of benzene rings is 4. The molecule has 1 atom stereocenters. The third kappa shape index (κ3) is 6.99. The van der Waals surface area contributed by atoms with E-state index in [0.29, 0.717) is 23.4 Å². The quantitative estimate of drug-likeness (QED) is 0.164. The Morgan fingerprint density at radius 3 is 2.27 bits per heavy atom. The highest BCUT2D eigenvalue weighted by molar-refractivity contribution is 6.05. The largest absolute Gasteiger partial charge is 0.397 e. The lowest BCUT2D eigenvalue weighted by atomic mass is 10.0. The van der Waals surface area contributed by atoms with Crippen molar-refractivity contribution in [2.24, 2.45) is 0 Å². The maximum Gasteiger partial charge on any atom is 0.255 e. The molecule has 0 fully saturated rings. The summed E-state index contributed by atoms with van der Waals surface area (Å²) < 4.78 is 0. The number of anilines is 2. The zero-order valence-corrected chi connectivity index (χ0v) is 22.4. The Hall–Kier alpha value is -5.37. The van der Waals surface area contributed by atoms with Gasteiger partial charge in [0.15, 0.2) is 0 Å². The second kappa shape index (κ2) is 12.7. The smallest absolute Gasteiger partial charge is 0.255 e. The molecule has 1 unspecified atom stereocenters. The van der Waals surface area contributed by atoms with Gasteiger partial charge in [-0.05, 0) is 47.0 Å². The van der Waals surface area contributed by atoms with Gasteiger partial charge in [0.05, 0.1) is 17.8 Å². The SMILES string of the molecule is Nc1ccccc1NC(=O)c1ccc(CNC(=O)C(Cc2c[nH]c3ccccc23)NC(=O)Cc2ccccc2)cc1. The van der Waals surface area contributed by atoms with Gasteiger partial charge >= 0.3 is 0 Å². The summed E-state index contributed by atoms with van der Waals surface area (Å²) in [6.07, 6.45) is 2.38. The van der Waals surface area contributed by atoms with Gasteiger partial charge in [-0.2, -0.15) is 0 Å². The van der Waals surface area contributed by atoms with Gasteiger partial charge in [-0.25, -0.2) is 0 Å². The molecule has 0 aliphatic rings. The van der Waals surface area contributed by atoms with Crippen LogP contribution in [0.3, 0.4) is 0 Å². The number of aromatic amines is 1. The fraction of sp³-hybridized carbons (Fsp3) is 0.121. The van der Waals surface area contributed by atoms with Crippen LogP contribution < -0.4 is 21.7 Å². The number of hydrogen-bond acceptors (Lipinski definition) is 4. The summed E-state index contributed by atoms with van der Waals surface area (Å²) in [6.45, 7) is 0.241. The number of nitrogen functional groups attached to an aromatic ring is 1.